The Morgan fingerprint density at radius 3 is 1.61 bits per heavy atom. The van der Waals surface area contributed by atoms with Crippen molar-refractivity contribution < 1.29 is 25.2 Å². The number of carbonyl (C=O) groups is 1. The Labute approximate surface area is 143 Å². The summed E-state index contributed by atoms with van der Waals surface area (Å²) in [5.41, 5.74) is 0. The Kier molecular flexibility index (Phi) is 22.8. The Hall–Kier alpha value is -0.690. The molecule has 0 aliphatic carbocycles. The first-order chi connectivity index (χ1) is 11.2. The number of hydrogen-bond acceptors (Lipinski definition) is 5. The fourth-order valence-corrected chi connectivity index (χ4v) is 1.36. The van der Waals surface area contributed by atoms with Crippen molar-refractivity contribution in [3.05, 3.63) is 0 Å². The zero-order chi connectivity index (χ0) is 17.8. The molecule has 0 atom stereocenters. The van der Waals surface area contributed by atoms with Crippen LogP contribution in [0.25, 0.3) is 0 Å². The highest BCUT2D eigenvalue weighted by Crippen LogP contribution is 1.89. The minimum absolute atomic E-state index is 0. The van der Waals surface area contributed by atoms with Crippen LogP contribution in [0.4, 0.5) is 0 Å². The standard InChI is InChI=1S/C15H31NO5.C2H6.H2/c1-4-6-18-8-10-20-12-13-21-11-9-19-7-5-16-15(17)14(2)3;1-2;/h14H,4-13H2,1-3H3,(H,16,17);1-2H3;1H. The Morgan fingerprint density at radius 1 is 0.826 bits per heavy atom. The van der Waals surface area contributed by atoms with Crippen molar-refractivity contribution >= 4 is 5.91 Å². The van der Waals surface area contributed by atoms with Crippen LogP contribution in [0.2, 0.25) is 0 Å². The highest BCUT2D eigenvalue weighted by molar-refractivity contribution is 5.77. The molecule has 6 nitrogen and oxygen atoms in total. The molecule has 0 unspecified atom stereocenters. The molecule has 0 aliphatic heterocycles. The van der Waals surface area contributed by atoms with E-state index in [1.165, 1.54) is 0 Å². The number of hydrogen-bond donors (Lipinski definition) is 1. The van der Waals surface area contributed by atoms with E-state index < -0.39 is 0 Å². The van der Waals surface area contributed by atoms with Gasteiger partial charge < -0.3 is 24.3 Å². The van der Waals surface area contributed by atoms with Crippen LogP contribution in [-0.4, -0.2) is 65.3 Å². The van der Waals surface area contributed by atoms with Crippen molar-refractivity contribution in [2.45, 2.75) is 41.0 Å². The van der Waals surface area contributed by atoms with Crippen molar-refractivity contribution in [3.63, 3.8) is 0 Å². The molecule has 0 aromatic rings. The van der Waals surface area contributed by atoms with E-state index in [2.05, 4.69) is 12.2 Å². The van der Waals surface area contributed by atoms with Crippen LogP contribution in [0.1, 0.15) is 42.5 Å². The number of ether oxygens (including phenoxy) is 4. The highest BCUT2D eigenvalue weighted by Gasteiger charge is 2.04. The Bertz CT molecular complexity index is 243. The fourth-order valence-electron chi connectivity index (χ4n) is 1.36. The Morgan fingerprint density at radius 2 is 1.22 bits per heavy atom. The first-order valence-electron chi connectivity index (χ1n) is 8.77. The summed E-state index contributed by atoms with van der Waals surface area (Å²) in [4.78, 5) is 11.2. The van der Waals surface area contributed by atoms with Crippen LogP contribution in [0, 0.1) is 5.92 Å². The van der Waals surface area contributed by atoms with Gasteiger partial charge in [0, 0.05) is 20.5 Å². The summed E-state index contributed by atoms with van der Waals surface area (Å²) >= 11 is 0. The average molecular weight is 338 g/mol. The third-order valence-electron chi connectivity index (χ3n) is 2.53. The van der Waals surface area contributed by atoms with Gasteiger partial charge in [-0.15, -0.1) is 0 Å². The highest BCUT2D eigenvalue weighted by atomic mass is 16.6. The van der Waals surface area contributed by atoms with Crippen LogP contribution >= 0.6 is 0 Å². The van der Waals surface area contributed by atoms with E-state index in [1.54, 1.807) is 0 Å². The molecule has 142 valence electrons. The molecule has 0 aromatic carbocycles. The fraction of sp³-hybridized carbons (Fsp3) is 0.941. The average Bonchev–Trinajstić information content (AvgIpc) is 2.56. The summed E-state index contributed by atoms with van der Waals surface area (Å²) in [5.74, 6) is 0.0654. The molecule has 0 saturated heterocycles. The van der Waals surface area contributed by atoms with E-state index in [0.29, 0.717) is 52.8 Å². The number of rotatable bonds is 15. The predicted molar refractivity (Wildman–Crippen MR) is 94.9 cm³/mol. The van der Waals surface area contributed by atoms with Gasteiger partial charge in [-0.25, -0.2) is 0 Å². The van der Waals surface area contributed by atoms with Crippen molar-refractivity contribution in [1.82, 2.24) is 5.32 Å². The summed E-state index contributed by atoms with van der Waals surface area (Å²) in [7, 11) is 0. The van der Waals surface area contributed by atoms with Crippen molar-refractivity contribution in [1.29, 1.82) is 0 Å². The molecule has 0 rings (SSSR count). The van der Waals surface area contributed by atoms with E-state index >= 15 is 0 Å². The molecule has 6 heteroatoms. The molecule has 0 saturated carbocycles. The molecule has 1 N–H and O–H groups in total. The van der Waals surface area contributed by atoms with Crippen molar-refractivity contribution in [2.24, 2.45) is 5.92 Å². The minimum Gasteiger partial charge on any atom is -0.379 e. The Balaban J connectivity index is -0.00000141. The van der Waals surface area contributed by atoms with E-state index in [1.807, 2.05) is 27.7 Å². The van der Waals surface area contributed by atoms with Crippen molar-refractivity contribution in [3.8, 4) is 0 Å². The number of amides is 1. The zero-order valence-electron chi connectivity index (χ0n) is 15.7. The van der Waals surface area contributed by atoms with Crippen LogP contribution in [0.3, 0.4) is 0 Å². The van der Waals surface area contributed by atoms with E-state index in [4.69, 9.17) is 18.9 Å². The molecule has 0 heterocycles. The second kappa shape index (κ2) is 21.3. The molecule has 0 fully saturated rings. The normalized spacial score (nSPS) is 10.3. The minimum atomic E-state index is 0. The zero-order valence-corrected chi connectivity index (χ0v) is 15.7. The summed E-state index contributed by atoms with van der Waals surface area (Å²) < 4.78 is 21.3. The summed E-state index contributed by atoms with van der Waals surface area (Å²) in [6.45, 7) is 15.1. The van der Waals surface area contributed by atoms with Gasteiger partial charge in [-0.2, -0.15) is 0 Å². The van der Waals surface area contributed by atoms with Crippen molar-refractivity contribution in [2.75, 3.05) is 59.4 Å². The first-order valence-corrected chi connectivity index (χ1v) is 8.77. The maximum atomic E-state index is 11.2. The van der Waals surface area contributed by atoms with Gasteiger partial charge >= 0.3 is 0 Å². The molecule has 0 radical (unpaired) electrons. The SMILES string of the molecule is CC.CCCOCCOCCOCCOCCNC(=O)C(C)C.[HH]. The molecule has 0 aliphatic rings. The van der Waals surface area contributed by atoms with Crippen LogP contribution in [0.5, 0.6) is 0 Å². The maximum Gasteiger partial charge on any atom is 0.222 e. The lowest BCUT2D eigenvalue weighted by Gasteiger charge is -2.09. The van der Waals surface area contributed by atoms with E-state index in [0.717, 1.165) is 13.0 Å². The van der Waals surface area contributed by atoms with Crippen LogP contribution in [-0.2, 0) is 23.7 Å². The van der Waals surface area contributed by atoms with Gasteiger partial charge in [0.15, 0.2) is 0 Å². The quantitative estimate of drug-likeness (QED) is 0.465. The first kappa shape index (κ1) is 24.6. The lowest BCUT2D eigenvalue weighted by Crippen LogP contribution is -2.31. The van der Waals surface area contributed by atoms with Gasteiger partial charge in [-0.3, -0.25) is 4.79 Å². The van der Waals surface area contributed by atoms with Gasteiger partial charge in [0.05, 0.1) is 46.2 Å². The van der Waals surface area contributed by atoms with Gasteiger partial charge in [0.2, 0.25) is 5.91 Å². The monoisotopic (exact) mass is 337 g/mol. The molecule has 0 spiro atoms. The van der Waals surface area contributed by atoms with E-state index in [9.17, 15) is 4.79 Å². The van der Waals surface area contributed by atoms with Gasteiger partial charge in [-0.1, -0.05) is 34.6 Å². The lowest BCUT2D eigenvalue weighted by molar-refractivity contribution is -0.124. The lowest BCUT2D eigenvalue weighted by atomic mass is 10.2. The molecule has 23 heavy (non-hydrogen) atoms. The number of carbonyl (C=O) groups excluding carboxylic acids is 1. The van der Waals surface area contributed by atoms with Gasteiger partial charge in [-0.05, 0) is 6.42 Å². The topological polar surface area (TPSA) is 66.0 Å². The van der Waals surface area contributed by atoms with Gasteiger partial charge in [0.1, 0.15) is 0 Å². The summed E-state index contributed by atoms with van der Waals surface area (Å²) in [5, 5.41) is 2.79. The summed E-state index contributed by atoms with van der Waals surface area (Å²) in [6, 6.07) is 0. The molecule has 0 bridgehead atoms. The number of nitrogens with one attached hydrogen (secondary N) is 1. The molecular weight excluding hydrogens is 298 g/mol. The predicted octanol–water partition coefficient (Wildman–Crippen LogP) is 2.51. The summed E-state index contributed by atoms with van der Waals surface area (Å²) in [6.07, 6.45) is 1.03. The smallest absolute Gasteiger partial charge is 0.222 e. The third kappa shape index (κ3) is 21.3. The third-order valence-corrected chi connectivity index (χ3v) is 2.53. The van der Waals surface area contributed by atoms with Crippen LogP contribution < -0.4 is 5.32 Å². The van der Waals surface area contributed by atoms with Gasteiger partial charge in [0.25, 0.3) is 0 Å². The van der Waals surface area contributed by atoms with E-state index in [-0.39, 0.29) is 13.3 Å². The molecule has 0 aromatic heterocycles. The molecular formula is C17H39NO5. The second-order valence-corrected chi connectivity index (χ2v) is 4.90. The maximum absolute atomic E-state index is 11.2. The second-order valence-electron chi connectivity index (χ2n) is 4.90. The van der Waals surface area contributed by atoms with Crippen LogP contribution in [0.15, 0.2) is 0 Å². The molecule has 1 amide bonds. The largest absolute Gasteiger partial charge is 0.379 e.